The first-order valence-electron chi connectivity index (χ1n) is 5.20. The van der Waals surface area contributed by atoms with Crippen molar-refractivity contribution in [1.29, 1.82) is 0 Å². The molecule has 0 aliphatic carbocycles. The Balaban J connectivity index is 2.55. The smallest absolute Gasteiger partial charge is 0.153 e. The molecule has 0 radical (unpaired) electrons. The number of nitrogens with one attached hydrogen (secondary N) is 1. The lowest BCUT2D eigenvalue weighted by Gasteiger charge is -2.07. The van der Waals surface area contributed by atoms with Crippen molar-refractivity contribution >= 4 is 11.0 Å². The highest BCUT2D eigenvalue weighted by Gasteiger charge is 2.15. The third-order valence-electron chi connectivity index (χ3n) is 2.69. The van der Waals surface area contributed by atoms with Gasteiger partial charge in [-0.25, -0.2) is 13.8 Å². The van der Waals surface area contributed by atoms with Gasteiger partial charge in [-0.2, -0.15) is 0 Å². The van der Waals surface area contributed by atoms with Crippen molar-refractivity contribution in [3.63, 3.8) is 0 Å². The highest BCUT2D eigenvalue weighted by atomic mass is 19.1. The van der Waals surface area contributed by atoms with Gasteiger partial charge in [0.05, 0.1) is 5.52 Å². The Morgan fingerprint density at radius 3 is 2.81 bits per heavy atom. The van der Waals surface area contributed by atoms with Crippen LogP contribution in [-0.4, -0.2) is 16.5 Å². The number of H-pyrrole nitrogens is 1. The molecular formula is C11H13F2N3. The molecule has 86 valence electrons. The lowest BCUT2D eigenvalue weighted by atomic mass is 10.1. The number of nitrogens with zero attached hydrogens (tertiary/aromatic N) is 1. The molecule has 2 aromatic rings. The van der Waals surface area contributed by atoms with Crippen LogP contribution in [0.3, 0.4) is 0 Å². The monoisotopic (exact) mass is 225 g/mol. The van der Waals surface area contributed by atoms with Crippen LogP contribution in [0.2, 0.25) is 0 Å². The first-order chi connectivity index (χ1) is 7.65. The van der Waals surface area contributed by atoms with E-state index in [0.717, 1.165) is 12.5 Å². The van der Waals surface area contributed by atoms with Gasteiger partial charge in [-0.05, 0) is 12.5 Å². The van der Waals surface area contributed by atoms with Crippen molar-refractivity contribution in [3.8, 4) is 0 Å². The molecule has 0 aliphatic rings. The van der Waals surface area contributed by atoms with Gasteiger partial charge in [0.15, 0.2) is 5.82 Å². The maximum absolute atomic E-state index is 13.4. The van der Waals surface area contributed by atoms with E-state index in [1.807, 2.05) is 6.92 Å². The lowest BCUT2D eigenvalue weighted by Crippen LogP contribution is -2.12. The van der Waals surface area contributed by atoms with Crippen molar-refractivity contribution in [2.45, 2.75) is 19.3 Å². The number of aromatic amines is 1. The zero-order valence-corrected chi connectivity index (χ0v) is 8.93. The van der Waals surface area contributed by atoms with Crippen LogP contribution in [0.25, 0.3) is 11.0 Å². The largest absolute Gasteiger partial charge is 0.342 e. The summed E-state index contributed by atoms with van der Waals surface area (Å²) >= 11 is 0. The van der Waals surface area contributed by atoms with E-state index in [1.54, 1.807) is 0 Å². The number of imidazole rings is 1. The minimum absolute atomic E-state index is 0.0508. The number of hydrogen-bond donors (Lipinski definition) is 2. The minimum atomic E-state index is -0.649. The number of halogens is 2. The molecule has 16 heavy (non-hydrogen) atoms. The number of nitrogens with two attached hydrogens (primary N) is 1. The van der Waals surface area contributed by atoms with Crippen LogP contribution in [0.5, 0.6) is 0 Å². The Bertz CT molecular complexity index is 503. The van der Waals surface area contributed by atoms with Crippen molar-refractivity contribution < 1.29 is 8.78 Å². The highest BCUT2D eigenvalue weighted by molar-refractivity contribution is 5.75. The van der Waals surface area contributed by atoms with Crippen LogP contribution in [0, 0.1) is 11.6 Å². The first-order valence-corrected chi connectivity index (χ1v) is 5.20. The van der Waals surface area contributed by atoms with Gasteiger partial charge in [0.25, 0.3) is 0 Å². The van der Waals surface area contributed by atoms with E-state index in [-0.39, 0.29) is 11.4 Å². The molecule has 1 unspecified atom stereocenters. The maximum Gasteiger partial charge on any atom is 0.153 e. The van der Waals surface area contributed by atoms with E-state index in [4.69, 9.17) is 5.73 Å². The predicted molar refractivity (Wildman–Crippen MR) is 58.1 cm³/mol. The van der Waals surface area contributed by atoms with Crippen LogP contribution < -0.4 is 5.73 Å². The number of rotatable bonds is 3. The van der Waals surface area contributed by atoms with Crippen molar-refractivity contribution in [1.82, 2.24) is 9.97 Å². The topological polar surface area (TPSA) is 54.7 Å². The summed E-state index contributed by atoms with van der Waals surface area (Å²) in [5.74, 6) is -0.593. The molecule has 0 aliphatic heterocycles. The SMILES string of the molecule is CCC(CN)c1nc2c(F)cc(F)cc2[nH]1. The summed E-state index contributed by atoms with van der Waals surface area (Å²) < 4.78 is 26.3. The summed E-state index contributed by atoms with van der Waals surface area (Å²) in [6, 6.07) is 2.06. The normalized spacial score (nSPS) is 13.2. The second-order valence-corrected chi connectivity index (χ2v) is 3.75. The first kappa shape index (κ1) is 11.0. The van der Waals surface area contributed by atoms with Gasteiger partial charge in [0.2, 0.25) is 0 Å². The zero-order valence-electron chi connectivity index (χ0n) is 8.93. The molecule has 1 aromatic carbocycles. The second kappa shape index (κ2) is 4.17. The summed E-state index contributed by atoms with van der Waals surface area (Å²) in [6.45, 7) is 2.40. The average Bonchev–Trinajstić information content (AvgIpc) is 2.63. The fraction of sp³-hybridized carbons (Fsp3) is 0.364. The molecule has 0 saturated carbocycles. The van der Waals surface area contributed by atoms with Gasteiger partial charge in [0.1, 0.15) is 17.2 Å². The van der Waals surface area contributed by atoms with E-state index in [1.165, 1.54) is 6.07 Å². The standard InChI is InChI=1S/C11H13F2N3/c1-2-6(5-14)11-15-9-4-7(12)3-8(13)10(9)16-11/h3-4,6H,2,5,14H2,1H3,(H,15,16). The van der Waals surface area contributed by atoms with Gasteiger partial charge in [0, 0.05) is 18.5 Å². The number of benzene rings is 1. The maximum atomic E-state index is 13.4. The summed E-state index contributed by atoms with van der Waals surface area (Å²) in [4.78, 5) is 7.03. The van der Waals surface area contributed by atoms with Crippen molar-refractivity contribution in [2.24, 2.45) is 5.73 Å². The van der Waals surface area contributed by atoms with Gasteiger partial charge < -0.3 is 10.7 Å². The molecule has 0 bridgehead atoms. The van der Waals surface area contributed by atoms with Gasteiger partial charge in [-0.15, -0.1) is 0 Å². The van der Waals surface area contributed by atoms with Crippen LogP contribution in [0.15, 0.2) is 12.1 Å². The predicted octanol–water partition coefficient (Wildman–Crippen LogP) is 2.29. The third kappa shape index (κ3) is 1.78. The van der Waals surface area contributed by atoms with E-state index in [0.29, 0.717) is 17.9 Å². The van der Waals surface area contributed by atoms with Crippen molar-refractivity contribution in [3.05, 3.63) is 29.6 Å². The van der Waals surface area contributed by atoms with Crippen LogP contribution in [0.1, 0.15) is 25.1 Å². The fourth-order valence-corrected chi connectivity index (χ4v) is 1.73. The van der Waals surface area contributed by atoms with E-state index in [2.05, 4.69) is 9.97 Å². The number of aromatic nitrogens is 2. The Kier molecular flexibility index (Phi) is 2.87. The van der Waals surface area contributed by atoms with E-state index in [9.17, 15) is 8.78 Å². The molecule has 0 saturated heterocycles. The van der Waals surface area contributed by atoms with Crippen LogP contribution in [0.4, 0.5) is 8.78 Å². The highest BCUT2D eigenvalue weighted by Crippen LogP contribution is 2.22. The molecule has 1 aromatic heterocycles. The van der Waals surface area contributed by atoms with E-state index >= 15 is 0 Å². The van der Waals surface area contributed by atoms with Gasteiger partial charge in [-0.3, -0.25) is 0 Å². The Labute approximate surface area is 91.7 Å². The molecule has 1 atom stereocenters. The third-order valence-corrected chi connectivity index (χ3v) is 2.69. The summed E-state index contributed by atoms with van der Waals surface area (Å²) in [7, 11) is 0. The molecule has 3 N–H and O–H groups in total. The van der Waals surface area contributed by atoms with Gasteiger partial charge in [-0.1, -0.05) is 6.92 Å². The van der Waals surface area contributed by atoms with Crippen LogP contribution in [-0.2, 0) is 0 Å². The molecule has 5 heteroatoms. The molecular weight excluding hydrogens is 212 g/mol. The Morgan fingerprint density at radius 2 is 2.19 bits per heavy atom. The number of fused-ring (bicyclic) bond motifs is 1. The minimum Gasteiger partial charge on any atom is -0.342 e. The fourth-order valence-electron chi connectivity index (χ4n) is 1.73. The molecule has 0 fully saturated rings. The Morgan fingerprint density at radius 1 is 1.44 bits per heavy atom. The number of hydrogen-bond acceptors (Lipinski definition) is 2. The molecule has 2 rings (SSSR count). The zero-order chi connectivity index (χ0) is 11.7. The molecule has 3 nitrogen and oxygen atoms in total. The molecule has 1 heterocycles. The van der Waals surface area contributed by atoms with Crippen molar-refractivity contribution in [2.75, 3.05) is 6.54 Å². The lowest BCUT2D eigenvalue weighted by molar-refractivity contribution is 0.590. The van der Waals surface area contributed by atoms with Gasteiger partial charge >= 0.3 is 0 Å². The average molecular weight is 225 g/mol. The van der Waals surface area contributed by atoms with Crippen LogP contribution >= 0.6 is 0 Å². The second-order valence-electron chi connectivity index (χ2n) is 3.75. The van der Waals surface area contributed by atoms with E-state index < -0.39 is 11.6 Å². The summed E-state index contributed by atoms with van der Waals surface area (Å²) in [6.07, 6.45) is 0.806. The Hall–Kier alpha value is -1.49. The summed E-state index contributed by atoms with van der Waals surface area (Å²) in [5.41, 5.74) is 6.12. The quantitative estimate of drug-likeness (QED) is 0.842. The molecule has 0 spiro atoms. The summed E-state index contributed by atoms with van der Waals surface area (Å²) in [5, 5.41) is 0. The molecule has 0 amide bonds.